The van der Waals surface area contributed by atoms with Crippen LogP contribution in [0.2, 0.25) is 0 Å². The number of pyridine rings is 2. The molecule has 1 saturated carbocycles. The van der Waals surface area contributed by atoms with Crippen molar-refractivity contribution in [2.45, 2.75) is 24.9 Å². The molecule has 12 heteroatoms. The summed E-state index contributed by atoms with van der Waals surface area (Å²) in [6, 6.07) is 4.84. The smallest absolute Gasteiger partial charge is 0.336 e. The van der Waals surface area contributed by atoms with E-state index in [4.69, 9.17) is 15.3 Å². The van der Waals surface area contributed by atoms with Gasteiger partial charge in [-0.1, -0.05) is 0 Å². The van der Waals surface area contributed by atoms with Crippen molar-refractivity contribution in [3.05, 3.63) is 53.9 Å². The van der Waals surface area contributed by atoms with E-state index < -0.39 is 24.2 Å². The number of nitrogens with one attached hydrogen (secondary N) is 2. The summed E-state index contributed by atoms with van der Waals surface area (Å²) in [5, 5.41) is 3.25. The molecule has 2 heterocycles. The van der Waals surface area contributed by atoms with E-state index in [1.165, 1.54) is 31.5 Å². The van der Waals surface area contributed by atoms with Gasteiger partial charge in [-0.25, -0.2) is 18.7 Å². The molecule has 4 rings (SSSR count). The monoisotopic (exact) mass is 450 g/mol. The topological polar surface area (TPSA) is 107 Å². The van der Waals surface area contributed by atoms with Crippen LogP contribution in [-0.4, -0.2) is 35.7 Å². The summed E-state index contributed by atoms with van der Waals surface area (Å²) in [7, 11) is 1.45. The molecular formula is C20H18F4N6O2. The van der Waals surface area contributed by atoms with Gasteiger partial charge in [-0.2, -0.15) is 13.8 Å². The highest BCUT2D eigenvalue weighted by molar-refractivity contribution is 5.90. The normalized spacial score (nSPS) is 18.1. The summed E-state index contributed by atoms with van der Waals surface area (Å²) in [6.45, 7) is -2.99. The van der Waals surface area contributed by atoms with Gasteiger partial charge in [-0.3, -0.25) is 0 Å². The number of ether oxygens (including phenoxy) is 1. The van der Waals surface area contributed by atoms with Gasteiger partial charge >= 0.3 is 12.6 Å². The van der Waals surface area contributed by atoms with Gasteiger partial charge < -0.3 is 20.6 Å². The van der Waals surface area contributed by atoms with E-state index in [1.54, 1.807) is 6.07 Å². The maximum absolute atomic E-state index is 14.4. The fourth-order valence-corrected chi connectivity index (χ4v) is 3.24. The number of methoxy groups -OCH3 is 1. The van der Waals surface area contributed by atoms with E-state index in [0.29, 0.717) is 23.4 Å². The third kappa shape index (κ3) is 4.64. The van der Waals surface area contributed by atoms with E-state index in [1.807, 2.05) is 0 Å². The van der Waals surface area contributed by atoms with E-state index >= 15 is 0 Å². The summed E-state index contributed by atoms with van der Waals surface area (Å²) >= 11 is 0. The van der Waals surface area contributed by atoms with Crippen molar-refractivity contribution in [1.29, 1.82) is 0 Å². The van der Waals surface area contributed by atoms with E-state index in [0.717, 1.165) is 6.20 Å². The molecule has 0 saturated heterocycles. The Balaban J connectivity index is 1.51. The second-order valence-electron chi connectivity index (χ2n) is 7.00. The number of nitrogens with zero attached hydrogens (tertiary/aromatic N) is 3. The molecule has 0 amide bonds. The Morgan fingerprint density at radius 1 is 1.19 bits per heavy atom. The number of anilines is 2. The number of hydrogen-bond donors (Lipinski definition) is 3. The summed E-state index contributed by atoms with van der Waals surface area (Å²) < 4.78 is 57.9. The van der Waals surface area contributed by atoms with Crippen LogP contribution in [0.25, 0.3) is 10.9 Å². The number of aliphatic imine (C=N–C) groups is 1. The lowest BCUT2D eigenvalue weighted by molar-refractivity contribution is 0.134. The van der Waals surface area contributed by atoms with Gasteiger partial charge in [0.1, 0.15) is 17.1 Å². The second-order valence-corrected chi connectivity index (χ2v) is 7.00. The molecule has 3 aromatic rings. The number of fused-ring (bicyclic) bond motifs is 1. The van der Waals surface area contributed by atoms with Gasteiger partial charge in [-0.05, 0) is 36.2 Å². The molecule has 2 aromatic heterocycles. The third-order valence-corrected chi connectivity index (χ3v) is 4.88. The van der Waals surface area contributed by atoms with Gasteiger partial charge in [0.25, 0.3) is 0 Å². The van der Waals surface area contributed by atoms with Gasteiger partial charge in [0, 0.05) is 17.0 Å². The summed E-state index contributed by atoms with van der Waals surface area (Å²) in [4.78, 5) is 15.8. The lowest BCUT2D eigenvalue weighted by atomic mass is 10.1. The van der Waals surface area contributed by atoms with Crippen LogP contribution in [0.15, 0.2) is 41.7 Å². The van der Waals surface area contributed by atoms with Crippen LogP contribution in [0.1, 0.15) is 17.9 Å². The van der Waals surface area contributed by atoms with Gasteiger partial charge in [0.05, 0.1) is 25.5 Å². The first-order valence-electron chi connectivity index (χ1n) is 9.44. The number of rotatable bonds is 7. The van der Waals surface area contributed by atoms with Crippen LogP contribution in [-0.2, 0) is 4.84 Å². The minimum Gasteiger partial charge on any atom is -0.495 e. The van der Waals surface area contributed by atoms with E-state index in [2.05, 4.69) is 25.8 Å². The minimum atomic E-state index is -2.99. The lowest BCUT2D eigenvalue weighted by Gasteiger charge is -2.12. The van der Waals surface area contributed by atoms with Crippen molar-refractivity contribution in [2.24, 2.45) is 10.7 Å². The Morgan fingerprint density at radius 2 is 2.00 bits per heavy atom. The largest absolute Gasteiger partial charge is 0.495 e. The number of hydroxylamine groups is 1. The van der Waals surface area contributed by atoms with Crippen molar-refractivity contribution in [3.8, 4) is 5.75 Å². The van der Waals surface area contributed by atoms with Crippen molar-refractivity contribution in [1.82, 2.24) is 15.4 Å². The number of nitrogens with two attached hydrogens (primary N) is 1. The van der Waals surface area contributed by atoms with Gasteiger partial charge in [0.15, 0.2) is 11.6 Å². The molecule has 0 unspecified atom stereocenters. The zero-order valence-electron chi connectivity index (χ0n) is 16.7. The average molecular weight is 450 g/mol. The van der Waals surface area contributed by atoms with Crippen molar-refractivity contribution in [2.75, 3.05) is 12.4 Å². The molecule has 4 N–H and O–H groups in total. The summed E-state index contributed by atoms with van der Waals surface area (Å²) in [5.74, 6) is -0.591. The molecule has 1 fully saturated rings. The Hall–Kier alpha value is -3.67. The van der Waals surface area contributed by atoms with Crippen LogP contribution < -0.4 is 21.3 Å². The first-order chi connectivity index (χ1) is 15.4. The molecule has 2 atom stereocenters. The number of hydrogen-bond acceptors (Lipinski definition) is 7. The highest BCUT2D eigenvalue weighted by Crippen LogP contribution is 2.43. The Kier molecular flexibility index (Phi) is 5.95. The molecule has 0 bridgehead atoms. The number of aromatic nitrogens is 2. The average Bonchev–Trinajstić information content (AvgIpc) is 3.54. The van der Waals surface area contributed by atoms with Crippen molar-refractivity contribution in [3.63, 3.8) is 0 Å². The van der Waals surface area contributed by atoms with Crippen LogP contribution >= 0.6 is 0 Å². The minimum absolute atomic E-state index is 0.218. The molecule has 0 aliphatic heterocycles. The molecule has 32 heavy (non-hydrogen) atoms. The van der Waals surface area contributed by atoms with Gasteiger partial charge in [0.2, 0.25) is 0 Å². The number of halogens is 4. The van der Waals surface area contributed by atoms with E-state index in [9.17, 15) is 17.6 Å². The highest BCUT2D eigenvalue weighted by Gasteiger charge is 2.41. The van der Waals surface area contributed by atoms with Crippen LogP contribution in [0.3, 0.4) is 0 Å². The Labute approximate surface area is 179 Å². The Morgan fingerprint density at radius 3 is 2.75 bits per heavy atom. The molecule has 0 spiro atoms. The SMILES string of the molecule is COc1cnc2c(Nc3ccc(F)c([C@H]4C[C@H]4NOC(N)=NC(F)F)c3)ncc(F)c2c1. The standard InChI is InChI=1S/C20H18F4N6O2/c1-31-10-5-13-15(22)8-27-18(17(13)26-7-10)28-9-2-3-14(21)11(4-9)12-6-16(12)30-32-20(25)29-19(23)24/h2-5,7-8,12,16,19,30H,6H2,1H3,(H2,25,29)(H,27,28)/t12-,16-/m1/s1. The highest BCUT2D eigenvalue weighted by atomic mass is 19.3. The van der Waals surface area contributed by atoms with Crippen molar-refractivity contribution >= 4 is 28.4 Å². The summed E-state index contributed by atoms with van der Waals surface area (Å²) in [6.07, 6.45) is 3.00. The molecule has 168 valence electrons. The molecule has 8 nitrogen and oxygen atoms in total. The molecule has 1 aromatic carbocycles. The molecule has 1 aliphatic rings. The quantitative estimate of drug-likeness (QED) is 0.166. The Bertz CT molecular complexity index is 1180. The molecule has 0 radical (unpaired) electrons. The second kappa shape index (κ2) is 8.83. The maximum atomic E-state index is 14.4. The van der Waals surface area contributed by atoms with Gasteiger partial charge in [-0.15, -0.1) is 5.48 Å². The van der Waals surface area contributed by atoms with Crippen molar-refractivity contribution < 1.29 is 27.1 Å². The number of amidine groups is 1. The molecular weight excluding hydrogens is 432 g/mol. The lowest BCUT2D eigenvalue weighted by Crippen LogP contribution is -2.29. The zero-order valence-corrected chi connectivity index (χ0v) is 16.7. The van der Waals surface area contributed by atoms with Crippen LogP contribution in [0, 0.1) is 11.6 Å². The summed E-state index contributed by atoms with van der Waals surface area (Å²) in [5.41, 5.74) is 8.86. The van der Waals surface area contributed by atoms with E-state index in [-0.39, 0.29) is 28.7 Å². The predicted octanol–water partition coefficient (Wildman–Crippen LogP) is 3.57. The zero-order chi connectivity index (χ0) is 22.8. The maximum Gasteiger partial charge on any atom is 0.336 e. The first kappa shape index (κ1) is 21.6. The fourth-order valence-electron chi connectivity index (χ4n) is 3.24. The predicted molar refractivity (Wildman–Crippen MR) is 109 cm³/mol. The van der Waals surface area contributed by atoms with Crippen LogP contribution in [0.5, 0.6) is 5.75 Å². The number of alkyl halides is 2. The number of benzene rings is 1. The third-order valence-electron chi connectivity index (χ3n) is 4.88. The fraction of sp³-hybridized carbons (Fsp3) is 0.250. The molecule has 1 aliphatic carbocycles. The first-order valence-corrected chi connectivity index (χ1v) is 9.44. The van der Waals surface area contributed by atoms with Crippen LogP contribution in [0.4, 0.5) is 29.1 Å².